The lowest BCUT2D eigenvalue weighted by molar-refractivity contribution is 0.0442. The van der Waals surface area contributed by atoms with Gasteiger partial charge in [-0.3, -0.25) is 4.79 Å². The Labute approximate surface area is 124 Å². The topological polar surface area (TPSA) is 38.3 Å². The predicted molar refractivity (Wildman–Crippen MR) is 75.5 cm³/mol. The SMILES string of the molecule is O=C(NC1(CBr)CCOCC1)c1ccc(F)cc1Cl. The van der Waals surface area contributed by atoms with Crippen molar-refractivity contribution in [1.29, 1.82) is 0 Å². The Morgan fingerprint density at radius 2 is 2.16 bits per heavy atom. The van der Waals surface area contributed by atoms with Gasteiger partial charge >= 0.3 is 0 Å². The van der Waals surface area contributed by atoms with E-state index in [4.69, 9.17) is 16.3 Å². The molecule has 1 heterocycles. The number of alkyl halides is 1. The van der Waals surface area contributed by atoms with Gasteiger partial charge in [-0.05, 0) is 31.0 Å². The van der Waals surface area contributed by atoms with Gasteiger partial charge in [0.15, 0.2) is 0 Å². The molecule has 1 N–H and O–H groups in total. The first-order valence-corrected chi connectivity index (χ1v) is 7.47. The number of rotatable bonds is 3. The highest BCUT2D eigenvalue weighted by atomic mass is 79.9. The van der Waals surface area contributed by atoms with Gasteiger partial charge in [-0.25, -0.2) is 4.39 Å². The average Bonchev–Trinajstić information content (AvgIpc) is 2.39. The summed E-state index contributed by atoms with van der Waals surface area (Å²) in [6.45, 7) is 1.23. The molecule has 1 aliphatic rings. The van der Waals surface area contributed by atoms with E-state index in [0.717, 1.165) is 18.9 Å². The van der Waals surface area contributed by atoms with Crippen LogP contribution in [0.1, 0.15) is 23.2 Å². The summed E-state index contributed by atoms with van der Waals surface area (Å²) in [7, 11) is 0. The first-order chi connectivity index (χ1) is 9.06. The summed E-state index contributed by atoms with van der Waals surface area (Å²) in [5.41, 5.74) is -0.0394. The molecule has 0 bridgehead atoms. The lowest BCUT2D eigenvalue weighted by Gasteiger charge is -2.36. The van der Waals surface area contributed by atoms with Gasteiger partial charge in [-0.2, -0.15) is 0 Å². The number of benzene rings is 1. The van der Waals surface area contributed by atoms with E-state index in [1.54, 1.807) is 0 Å². The highest BCUT2D eigenvalue weighted by Gasteiger charge is 2.33. The number of hydrogen-bond donors (Lipinski definition) is 1. The molecule has 1 saturated heterocycles. The standard InChI is InChI=1S/C13H14BrClFNO2/c14-8-13(3-5-19-6-4-13)17-12(18)10-2-1-9(16)7-11(10)15/h1-2,7H,3-6,8H2,(H,17,18). The van der Waals surface area contributed by atoms with Crippen molar-refractivity contribution in [2.45, 2.75) is 18.4 Å². The summed E-state index contributed by atoms with van der Waals surface area (Å²) in [4.78, 5) is 12.2. The van der Waals surface area contributed by atoms with E-state index in [1.165, 1.54) is 12.1 Å². The zero-order valence-electron chi connectivity index (χ0n) is 10.2. The quantitative estimate of drug-likeness (QED) is 0.851. The van der Waals surface area contributed by atoms with E-state index in [2.05, 4.69) is 21.2 Å². The molecule has 1 amide bonds. The van der Waals surface area contributed by atoms with Gasteiger partial charge in [0, 0.05) is 18.5 Å². The summed E-state index contributed by atoms with van der Waals surface area (Å²) in [6.07, 6.45) is 1.48. The molecule has 1 aromatic rings. The van der Waals surface area contributed by atoms with Crippen LogP contribution in [0.15, 0.2) is 18.2 Å². The number of halogens is 3. The third-order valence-electron chi connectivity index (χ3n) is 3.26. The lowest BCUT2D eigenvalue weighted by Crippen LogP contribution is -2.53. The molecule has 1 fully saturated rings. The second-order valence-electron chi connectivity index (χ2n) is 4.60. The third-order valence-corrected chi connectivity index (χ3v) is 4.65. The van der Waals surface area contributed by atoms with Gasteiger partial charge in [0.25, 0.3) is 5.91 Å². The third kappa shape index (κ3) is 3.46. The minimum absolute atomic E-state index is 0.120. The fraction of sp³-hybridized carbons (Fsp3) is 0.462. The second kappa shape index (κ2) is 6.20. The summed E-state index contributed by atoms with van der Waals surface area (Å²) in [5.74, 6) is -0.742. The number of hydrogen-bond acceptors (Lipinski definition) is 2. The molecule has 0 unspecified atom stereocenters. The fourth-order valence-corrected chi connectivity index (χ4v) is 2.99. The van der Waals surface area contributed by atoms with Crippen LogP contribution in [-0.4, -0.2) is 30.0 Å². The van der Waals surface area contributed by atoms with Crippen molar-refractivity contribution in [2.24, 2.45) is 0 Å². The van der Waals surface area contributed by atoms with Gasteiger partial charge in [0.1, 0.15) is 5.82 Å². The van der Waals surface area contributed by atoms with Crippen molar-refractivity contribution in [1.82, 2.24) is 5.32 Å². The molecule has 1 aliphatic heterocycles. The molecule has 0 aromatic heterocycles. The van der Waals surface area contributed by atoms with Crippen LogP contribution in [-0.2, 0) is 4.74 Å². The van der Waals surface area contributed by atoms with E-state index in [9.17, 15) is 9.18 Å². The van der Waals surface area contributed by atoms with Crippen LogP contribution >= 0.6 is 27.5 Å². The smallest absolute Gasteiger partial charge is 0.253 e. The highest BCUT2D eigenvalue weighted by molar-refractivity contribution is 9.09. The number of carbonyl (C=O) groups is 1. The number of amides is 1. The van der Waals surface area contributed by atoms with Gasteiger partial charge in [0.2, 0.25) is 0 Å². The Bertz CT molecular complexity index is 478. The zero-order chi connectivity index (χ0) is 13.9. The molecule has 0 saturated carbocycles. The van der Waals surface area contributed by atoms with E-state index < -0.39 is 5.82 Å². The molecule has 0 aliphatic carbocycles. The van der Waals surface area contributed by atoms with Crippen LogP contribution in [0.3, 0.4) is 0 Å². The van der Waals surface area contributed by atoms with Crippen LogP contribution in [0.2, 0.25) is 5.02 Å². The van der Waals surface area contributed by atoms with Crippen LogP contribution in [0.25, 0.3) is 0 Å². The van der Waals surface area contributed by atoms with Crippen molar-refractivity contribution < 1.29 is 13.9 Å². The summed E-state index contributed by atoms with van der Waals surface area (Å²) in [6, 6.07) is 3.76. The van der Waals surface area contributed by atoms with Crippen molar-refractivity contribution in [3.05, 3.63) is 34.6 Å². The molecular weight excluding hydrogens is 337 g/mol. The van der Waals surface area contributed by atoms with Crippen molar-refractivity contribution in [3.63, 3.8) is 0 Å². The number of nitrogens with one attached hydrogen (secondary N) is 1. The minimum Gasteiger partial charge on any atom is -0.381 e. The highest BCUT2D eigenvalue weighted by Crippen LogP contribution is 2.25. The van der Waals surface area contributed by atoms with Crippen molar-refractivity contribution in [2.75, 3.05) is 18.5 Å². The van der Waals surface area contributed by atoms with Gasteiger partial charge in [0.05, 0.1) is 16.1 Å². The average molecular weight is 351 g/mol. The summed E-state index contributed by atoms with van der Waals surface area (Å²) >= 11 is 9.33. The van der Waals surface area contributed by atoms with E-state index in [0.29, 0.717) is 18.5 Å². The van der Waals surface area contributed by atoms with E-state index >= 15 is 0 Å². The number of ether oxygens (including phenoxy) is 1. The molecule has 6 heteroatoms. The minimum atomic E-state index is -0.456. The fourth-order valence-electron chi connectivity index (χ4n) is 2.04. The van der Waals surface area contributed by atoms with Crippen molar-refractivity contribution >= 4 is 33.4 Å². The van der Waals surface area contributed by atoms with E-state index in [-0.39, 0.29) is 22.0 Å². The van der Waals surface area contributed by atoms with Crippen LogP contribution < -0.4 is 5.32 Å². The molecule has 19 heavy (non-hydrogen) atoms. The maximum Gasteiger partial charge on any atom is 0.253 e. The molecule has 2 rings (SSSR count). The first kappa shape index (κ1) is 14.8. The van der Waals surface area contributed by atoms with Crippen LogP contribution in [0.5, 0.6) is 0 Å². The lowest BCUT2D eigenvalue weighted by atomic mass is 9.92. The Balaban J connectivity index is 2.15. The monoisotopic (exact) mass is 349 g/mol. The second-order valence-corrected chi connectivity index (χ2v) is 5.57. The maximum atomic E-state index is 13.0. The van der Waals surface area contributed by atoms with Gasteiger partial charge < -0.3 is 10.1 Å². The molecule has 0 spiro atoms. The zero-order valence-corrected chi connectivity index (χ0v) is 12.6. The molecule has 0 radical (unpaired) electrons. The normalized spacial score (nSPS) is 18.1. The Morgan fingerprint density at radius 1 is 1.47 bits per heavy atom. The Hall–Kier alpha value is -0.650. The first-order valence-electron chi connectivity index (χ1n) is 5.98. The van der Waals surface area contributed by atoms with Crippen molar-refractivity contribution in [3.8, 4) is 0 Å². The molecule has 3 nitrogen and oxygen atoms in total. The molecule has 0 atom stereocenters. The molecule has 104 valence electrons. The predicted octanol–water partition coefficient (Wildman–Crippen LogP) is 3.15. The Kier molecular flexibility index (Phi) is 4.81. The number of carbonyl (C=O) groups excluding carboxylic acids is 1. The summed E-state index contributed by atoms with van der Waals surface area (Å²) < 4.78 is 18.3. The maximum absolute atomic E-state index is 13.0. The Morgan fingerprint density at radius 3 is 2.74 bits per heavy atom. The van der Waals surface area contributed by atoms with Gasteiger partial charge in [-0.15, -0.1) is 0 Å². The molecular formula is C13H14BrClFNO2. The van der Waals surface area contributed by atoms with Gasteiger partial charge in [-0.1, -0.05) is 27.5 Å². The molecule has 1 aromatic carbocycles. The van der Waals surface area contributed by atoms with E-state index in [1.807, 2.05) is 0 Å². The summed E-state index contributed by atoms with van der Waals surface area (Å²) in [5, 5.41) is 3.75. The van der Waals surface area contributed by atoms with Crippen LogP contribution in [0.4, 0.5) is 4.39 Å². The largest absolute Gasteiger partial charge is 0.381 e. The van der Waals surface area contributed by atoms with Crippen LogP contribution in [0, 0.1) is 5.82 Å².